The molecule has 1 saturated heterocycles. The summed E-state index contributed by atoms with van der Waals surface area (Å²) in [6, 6.07) is 0. The highest BCUT2D eigenvalue weighted by atomic mass is 79.9. The minimum Gasteiger partial charge on any atom is -0.463 e. The van der Waals surface area contributed by atoms with E-state index in [9.17, 15) is 24.6 Å². The number of rotatable bonds is 3. The number of aliphatic hydroxyl groups excluding tert-OH is 2. The Morgan fingerprint density at radius 2 is 2.14 bits per heavy atom. The number of ether oxygens (including phenoxy) is 2. The van der Waals surface area contributed by atoms with E-state index in [1.165, 1.54) is 6.92 Å². The van der Waals surface area contributed by atoms with Crippen LogP contribution in [0.4, 0.5) is 0 Å². The number of esters is 1. The summed E-state index contributed by atoms with van der Waals surface area (Å²) in [5, 5.41) is 19.8. The molecule has 116 valence electrons. The van der Waals surface area contributed by atoms with E-state index in [0.29, 0.717) is 0 Å². The molecule has 9 nitrogen and oxygen atoms in total. The molecule has 2 heterocycles. The molecule has 4 atom stereocenters. The molecule has 3 N–H and O–H groups in total. The average molecular weight is 365 g/mol. The molecule has 1 aromatic heterocycles. The Morgan fingerprint density at radius 1 is 1.48 bits per heavy atom. The first-order valence-corrected chi connectivity index (χ1v) is 6.76. The molecule has 2 rings (SSSR count). The maximum atomic E-state index is 11.7. The van der Waals surface area contributed by atoms with Crippen LogP contribution in [-0.4, -0.2) is 50.7 Å². The normalized spacial score (nSPS) is 28.6. The zero-order valence-corrected chi connectivity index (χ0v) is 12.4. The van der Waals surface area contributed by atoms with E-state index >= 15 is 0 Å². The monoisotopic (exact) mass is 364 g/mol. The van der Waals surface area contributed by atoms with Crippen LogP contribution in [0.3, 0.4) is 0 Å². The highest BCUT2D eigenvalue weighted by Gasteiger charge is 2.44. The first-order chi connectivity index (χ1) is 9.81. The lowest BCUT2D eigenvalue weighted by molar-refractivity contribution is -0.147. The molecule has 1 aliphatic rings. The number of nitrogens with one attached hydrogen (secondary N) is 1. The lowest BCUT2D eigenvalue weighted by Gasteiger charge is -2.17. The molecule has 21 heavy (non-hydrogen) atoms. The van der Waals surface area contributed by atoms with Crippen molar-refractivity contribution in [2.75, 3.05) is 6.61 Å². The van der Waals surface area contributed by atoms with Crippen LogP contribution in [0.15, 0.2) is 20.3 Å². The fourth-order valence-electron chi connectivity index (χ4n) is 1.95. The van der Waals surface area contributed by atoms with E-state index < -0.39 is 41.8 Å². The second-order valence-electron chi connectivity index (χ2n) is 4.49. The number of hydrogen-bond acceptors (Lipinski definition) is 7. The number of aliphatic hydroxyl groups is 2. The van der Waals surface area contributed by atoms with E-state index in [1.54, 1.807) is 0 Å². The second kappa shape index (κ2) is 6.10. The van der Waals surface area contributed by atoms with E-state index in [2.05, 4.69) is 15.9 Å². The summed E-state index contributed by atoms with van der Waals surface area (Å²) >= 11 is 2.95. The zero-order chi connectivity index (χ0) is 15.7. The third kappa shape index (κ3) is 3.23. The van der Waals surface area contributed by atoms with Gasteiger partial charge in [-0.2, -0.15) is 0 Å². The molecule has 1 aromatic rings. The summed E-state index contributed by atoms with van der Waals surface area (Å²) < 4.78 is 11.1. The van der Waals surface area contributed by atoms with Crippen molar-refractivity contribution in [3.63, 3.8) is 0 Å². The number of carbonyl (C=O) groups excluding carboxylic acids is 1. The molecule has 0 aromatic carbocycles. The highest BCUT2D eigenvalue weighted by molar-refractivity contribution is 9.10. The van der Waals surface area contributed by atoms with Crippen LogP contribution < -0.4 is 11.2 Å². The van der Waals surface area contributed by atoms with Gasteiger partial charge in [0.2, 0.25) is 0 Å². The van der Waals surface area contributed by atoms with Gasteiger partial charge in [0, 0.05) is 13.1 Å². The second-order valence-corrected chi connectivity index (χ2v) is 5.35. The molecule has 0 amide bonds. The van der Waals surface area contributed by atoms with Crippen LogP contribution in [-0.2, 0) is 14.3 Å². The number of halogens is 1. The first kappa shape index (κ1) is 15.9. The van der Waals surface area contributed by atoms with E-state index in [0.717, 1.165) is 10.8 Å². The minimum atomic E-state index is -1.42. The Bertz CT molecular complexity index is 655. The summed E-state index contributed by atoms with van der Waals surface area (Å²) in [6.45, 7) is 0.933. The Hall–Kier alpha value is -1.49. The van der Waals surface area contributed by atoms with Gasteiger partial charge < -0.3 is 19.7 Å². The largest absolute Gasteiger partial charge is 0.463 e. The molecule has 0 saturated carbocycles. The van der Waals surface area contributed by atoms with Crippen LogP contribution >= 0.6 is 15.9 Å². The number of carbonyl (C=O) groups is 1. The van der Waals surface area contributed by atoms with Crippen molar-refractivity contribution in [2.24, 2.45) is 0 Å². The summed E-state index contributed by atoms with van der Waals surface area (Å²) in [5.41, 5.74) is -1.42. The Kier molecular flexibility index (Phi) is 4.61. The topological polar surface area (TPSA) is 131 Å². The SMILES string of the molecule is CC(=O)OCC1OC(n2cc(Br)c(=O)[nH]c2=O)C(O)C1O. The van der Waals surface area contributed by atoms with Gasteiger partial charge in [-0.3, -0.25) is 19.1 Å². The van der Waals surface area contributed by atoms with Crippen LogP contribution in [0.1, 0.15) is 13.2 Å². The molecular formula is C11H13BrN2O7. The van der Waals surface area contributed by atoms with E-state index in [1.807, 2.05) is 4.98 Å². The smallest absolute Gasteiger partial charge is 0.330 e. The number of H-pyrrole nitrogens is 1. The maximum absolute atomic E-state index is 11.7. The molecular weight excluding hydrogens is 352 g/mol. The van der Waals surface area contributed by atoms with Gasteiger partial charge in [0.25, 0.3) is 5.56 Å². The minimum absolute atomic E-state index is 0.0656. The van der Waals surface area contributed by atoms with Gasteiger partial charge in [-0.1, -0.05) is 0 Å². The number of aromatic nitrogens is 2. The lowest BCUT2D eigenvalue weighted by Crippen LogP contribution is -2.38. The van der Waals surface area contributed by atoms with Gasteiger partial charge >= 0.3 is 11.7 Å². The molecule has 1 fully saturated rings. The van der Waals surface area contributed by atoms with Gasteiger partial charge in [-0.05, 0) is 15.9 Å². The molecule has 10 heteroatoms. The standard InChI is InChI=1S/C11H13BrN2O7/c1-4(15)20-3-6-7(16)8(17)10(21-6)14-2-5(12)9(18)13-11(14)19/h2,6-8,10,16-17H,3H2,1H3,(H,13,18,19). The molecule has 4 unspecified atom stereocenters. The summed E-state index contributed by atoms with van der Waals surface area (Å²) in [6.07, 6.45) is -3.79. The quantitative estimate of drug-likeness (QED) is 0.555. The van der Waals surface area contributed by atoms with Crippen molar-refractivity contribution in [2.45, 2.75) is 31.5 Å². The predicted molar refractivity (Wildman–Crippen MR) is 71.6 cm³/mol. The van der Waals surface area contributed by atoms with Crippen molar-refractivity contribution in [1.29, 1.82) is 0 Å². The predicted octanol–water partition coefficient (Wildman–Crippen LogP) is -1.52. The summed E-state index contributed by atoms with van der Waals surface area (Å²) in [7, 11) is 0. The van der Waals surface area contributed by atoms with Gasteiger partial charge in [0.1, 0.15) is 24.9 Å². The van der Waals surface area contributed by atoms with Crippen molar-refractivity contribution < 1.29 is 24.5 Å². The highest BCUT2D eigenvalue weighted by Crippen LogP contribution is 2.28. The third-order valence-electron chi connectivity index (χ3n) is 2.99. The van der Waals surface area contributed by atoms with Crippen molar-refractivity contribution in [3.8, 4) is 0 Å². The molecule has 0 bridgehead atoms. The summed E-state index contributed by atoms with van der Waals surface area (Å²) in [4.78, 5) is 35.8. The van der Waals surface area contributed by atoms with E-state index in [-0.39, 0.29) is 11.1 Å². The van der Waals surface area contributed by atoms with Crippen LogP contribution in [0.25, 0.3) is 0 Å². The Balaban J connectivity index is 2.25. The lowest BCUT2D eigenvalue weighted by atomic mass is 10.1. The van der Waals surface area contributed by atoms with Crippen molar-refractivity contribution in [1.82, 2.24) is 9.55 Å². The number of nitrogens with zero attached hydrogens (tertiary/aromatic N) is 1. The Morgan fingerprint density at radius 3 is 2.76 bits per heavy atom. The van der Waals surface area contributed by atoms with Crippen LogP contribution in [0.5, 0.6) is 0 Å². The first-order valence-electron chi connectivity index (χ1n) is 5.97. The average Bonchev–Trinajstić information content (AvgIpc) is 2.68. The zero-order valence-electron chi connectivity index (χ0n) is 10.9. The van der Waals surface area contributed by atoms with E-state index in [4.69, 9.17) is 9.47 Å². The van der Waals surface area contributed by atoms with Crippen LogP contribution in [0.2, 0.25) is 0 Å². The molecule has 0 radical (unpaired) electrons. The maximum Gasteiger partial charge on any atom is 0.330 e. The molecule has 0 spiro atoms. The molecule has 1 aliphatic heterocycles. The molecule has 0 aliphatic carbocycles. The van der Waals surface area contributed by atoms with Crippen molar-refractivity contribution in [3.05, 3.63) is 31.5 Å². The third-order valence-corrected chi connectivity index (χ3v) is 3.55. The van der Waals surface area contributed by atoms with Gasteiger partial charge in [-0.15, -0.1) is 0 Å². The van der Waals surface area contributed by atoms with Crippen molar-refractivity contribution >= 4 is 21.9 Å². The van der Waals surface area contributed by atoms with Crippen LogP contribution in [0, 0.1) is 0 Å². The summed E-state index contributed by atoms with van der Waals surface area (Å²) in [5.74, 6) is -0.562. The van der Waals surface area contributed by atoms with Gasteiger partial charge in [-0.25, -0.2) is 4.79 Å². The fourth-order valence-corrected chi connectivity index (χ4v) is 2.27. The Labute approximate surface area is 126 Å². The number of aromatic amines is 1. The van der Waals surface area contributed by atoms with Gasteiger partial charge in [0.05, 0.1) is 4.47 Å². The fraction of sp³-hybridized carbons (Fsp3) is 0.545. The van der Waals surface area contributed by atoms with Gasteiger partial charge in [0.15, 0.2) is 6.23 Å². The number of hydrogen-bond donors (Lipinski definition) is 3.